The van der Waals surface area contributed by atoms with Crippen LogP contribution in [0, 0.1) is 6.92 Å². The summed E-state index contributed by atoms with van der Waals surface area (Å²) in [5.74, 6) is 0.685. The van der Waals surface area contributed by atoms with E-state index in [-0.39, 0.29) is 0 Å². The molecule has 2 aromatic rings. The van der Waals surface area contributed by atoms with Crippen molar-refractivity contribution in [2.75, 3.05) is 7.05 Å². The molecule has 0 aliphatic rings. The topological polar surface area (TPSA) is 34.1 Å². The Bertz CT molecular complexity index is 558. The van der Waals surface area contributed by atoms with Crippen LogP contribution in [-0.2, 0) is 13.2 Å². The van der Waals surface area contributed by atoms with E-state index in [0.29, 0.717) is 17.4 Å². The van der Waals surface area contributed by atoms with Crippen molar-refractivity contribution in [2.45, 2.75) is 20.1 Å². The molecule has 0 fully saturated rings. The SMILES string of the molecule is CNCc1ccc(OCc2cccc(C)n2)c(Cl)c1. The number of nitrogens with one attached hydrogen (secondary N) is 1. The fourth-order valence-electron chi connectivity index (χ4n) is 1.81. The normalized spacial score (nSPS) is 10.5. The van der Waals surface area contributed by atoms with Gasteiger partial charge in [-0.1, -0.05) is 23.7 Å². The molecule has 0 radical (unpaired) electrons. The second-order valence-corrected chi connectivity index (χ2v) is 4.76. The van der Waals surface area contributed by atoms with Gasteiger partial charge in [-0.25, -0.2) is 0 Å². The first kappa shape index (κ1) is 13.8. The second kappa shape index (κ2) is 6.55. The van der Waals surface area contributed by atoms with E-state index in [2.05, 4.69) is 10.3 Å². The van der Waals surface area contributed by atoms with Gasteiger partial charge in [0.15, 0.2) is 0 Å². The molecule has 4 heteroatoms. The van der Waals surface area contributed by atoms with Gasteiger partial charge in [0.05, 0.1) is 10.7 Å². The molecule has 0 spiro atoms. The molecule has 1 N–H and O–H groups in total. The maximum atomic E-state index is 6.19. The van der Waals surface area contributed by atoms with E-state index in [9.17, 15) is 0 Å². The van der Waals surface area contributed by atoms with Crippen LogP contribution in [0.3, 0.4) is 0 Å². The molecule has 0 saturated carbocycles. The molecule has 0 aliphatic carbocycles. The maximum Gasteiger partial charge on any atom is 0.138 e. The minimum atomic E-state index is 0.423. The predicted octanol–water partition coefficient (Wildman–Crippen LogP) is 3.34. The summed E-state index contributed by atoms with van der Waals surface area (Å²) in [6.07, 6.45) is 0. The average molecular weight is 277 g/mol. The molecule has 1 heterocycles. The predicted molar refractivity (Wildman–Crippen MR) is 77.5 cm³/mol. The van der Waals surface area contributed by atoms with Crippen LogP contribution in [0.25, 0.3) is 0 Å². The summed E-state index contributed by atoms with van der Waals surface area (Å²) in [6, 6.07) is 11.7. The molecule has 100 valence electrons. The lowest BCUT2D eigenvalue weighted by atomic mass is 10.2. The van der Waals surface area contributed by atoms with Gasteiger partial charge in [-0.3, -0.25) is 4.98 Å². The number of hydrogen-bond acceptors (Lipinski definition) is 3. The van der Waals surface area contributed by atoms with Crippen molar-refractivity contribution in [1.29, 1.82) is 0 Å². The zero-order valence-corrected chi connectivity index (χ0v) is 11.9. The minimum absolute atomic E-state index is 0.423. The standard InChI is InChI=1S/C15H17ClN2O/c1-11-4-3-5-13(18-11)10-19-15-7-6-12(9-17-2)8-14(15)16/h3-8,17H,9-10H2,1-2H3. The van der Waals surface area contributed by atoms with Crippen molar-refractivity contribution in [3.05, 3.63) is 58.4 Å². The first-order valence-corrected chi connectivity index (χ1v) is 6.55. The molecule has 0 amide bonds. The van der Waals surface area contributed by atoms with E-state index in [1.165, 1.54) is 0 Å². The fourth-order valence-corrected chi connectivity index (χ4v) is 2.06. The summed E-state index contributed by atoms with van der Waals surface area (Å²) in [5.41, 5.74) is 3.01. The van der Waals surface area contributed by atoms with Gasteiger partial charge in [-0.05, 0) is 43.8 Å². The Morgan fingerprint density at radius 3 is 2.79 bits per heavy atom. The highest BCUT2D eigenvalue weighted by molar-refractivity contribution is 6.32. The second-order valence-electron chi connectivity index (χ2n) is 4.35. The van der Waals surface area contributed by atoms with Crippen LogP contribution in [0.5, 0.6) is 5.75 Å². The van der Waals surface area contributed by atoms with Gasteiger partial charge in [0, 0.05) is 12.2 Å². The summed E-state index contributed by atoms with van der Waals surface area (Å²) in [6.45, 7) is 3.18. The van der Waals surface area contributed by atoms with Crippen LogP contribution in [0.15, 0.2) is 36.4 Å². The number of aryl methyl sites for hydroxylation is 1. The van der Waals surface area contributed by atoms with Crippen molar-refractivity contribution in [1.82, 2.24) is 10.3 Å². The Morgan fingerprint density at radius 2 is 2.11 bits per heavy atom. The van der Waals surface area contributed by atoms with E-state index in [0.717, 1.165) is 23.5 Å². The number of rotatable bonds is 5. The Balaban J connectivity index is 2.03. The van der Waals surface area contributed by atoms with Crippen LogP contribution >= 0.6 is 11.6 Å². The van der Waals surface area contributed by atoms with Crippen molar-refractivity contribution in [2.24, 2.45) is 0 Å². The zero-order valence-electron chi connectivity index (χ0n) is 11.1. The number of aromatic nitrogens is 1. The maximum absolute atomic E-state index is 6.19. The van der Waals surface area contributed by atoms with Crippen molar-refractivity contribution in [3.63, 3.8) is 0 Å². The van der Waals surface area contributed by atoms with Gasteiger partial charge in [0.2, 0.25) is 0 Å². The van der Waals surface area contributed by atoms with E-state index >= 15 is 0 Å². The molecule has 3 nitrogen and oxygen atoms in total. The fraction of sp³-hybridized carbons (Fsp3) is 0.267. The molecule has 0 atom stereocenters. The third kappa shape index (κ3) is 3.94. The van der Waals surface area contributed by atoms with Gasteiger partial charge in [-0.15, -0.1) is 0 Å². The molecule has 0 saturated heterocycles. The number of halogens is 1. The minimum Gasteiger partial charge on any atom is -0.486 e. The molecule has 2 rings (SSSR count). The van der Waals surface area contributed by atoms with Crippen LogP contribution in [-0.4, -0.2) is 12.0 Å². The quantitative estimate of drug-likeness (QED) is 0.909. The Labute approximate surface area is 118 Å². The molecule has 0 bridgehead atoms. The number of hydrogen-bond donors (Lipinski definition) is 1. The highest BCUT2D eigenvalue weighted by Gasteiger charge is 2.04. The Kier molecular flexibility index (Phi) is 4.77. The summed E-state index contributed by atoms with van der Waals surface area (Å²) < 4.78 is 5.70. The molecular weight excluding hydrogens is 260 g/mol. The number of nitrogens with zero attached hydrogens (tertiary/aromatic N) is 1. The lowest BCUT2D eigenvalue weighted by Crippen LogP contribution is -2.05. The molecule has 19 heavy (non-hydrogen) atoms. The smallest absolute Gasteiger partial charge is 0.138 e. The number of ether oxygens (including phenoxy) is 1. The highest BCUT2D eigenvalue weighted by Crippen LogP contribution is 2.26. The van der Waals surface area contributed by atoms with Crippen molar-refractivity contribution < 1.29 is 4.74 Å². The average Bonchev–Trinajstić information content (AvgIpc) is 2.38. The Hall–Kier alpha value is -1.58. The molecule has 1 aromatic heterocycles. The monoisotopic (exact) mass is 276 g/mol. The van der Waals surface area contributed by atoms with Crippen molar-refractivity contribution >= 4 is 11.6 Å². The van der Waals surface area contributed by atoms with E-state index < -0.39 is 0 Å². The molecule has 1 aromatic carbocycles. The highest BCUT2D eigenvalue weighted by atomic mass is 35.5. The van der Waals surface area contributed by atoms with Gasteiger partial charge >= 0.3 is 0 Å². The van der Waals surface area contributed by atoms with Gasteiger partial charge in [0.1, 0.15) is 12.4 Å². The zero-order chi connectivity index (χ0) is 13.7. The summed E-state index contributed by atoms with van der Waals surface area (Å²) in [7, 11) is 1.90. The van der Waals surface area contributed by atoms with Gasteiger partial charge < -0.3 is 10.1 Å². The van der Waals surface area contributed by atoms with Crippen LogP contribution in [0.1, 0.15) is 17.0 Å². The van der Waals surface area contributed by atoms with Gasteiger partial charge in [-0.2, -0.15) is 0 Å². The summed E-state index contributed by atoms with van der Waals surface area (Å²) in [5, 5.41) is 3.71. The largest absolute Gasteiger partial charge is 0.486 e. The third-order valence-corrected chi connectivity index (χ3v) is 2.99. The van der Waals surface area contributed by atoms with E-state index in [4.69, 9.17) is 16.3 Å². The van der Waals surface area contributed by atoms with Crippen molar-refractivity contribution in [3.8, 4) is 5.75 Å². The first-order valence-electron chi connectivity index (χ1n) is 6.17. The van der Waals surface area contributed by atoms with Gasteiger partial charge in [0.25, 0.3) is 0 Å². The molecule has 0 aliphatic heterocycles. The van der Waals surface area contributed by atoms with Crippen LogP contribution in [0.4, 0.5) is 0 Å². The van der Waals surface area contributed by atoms with E-state index in [1.54, 1.807) is 0 Å². The summed E-state index contributed by atoms with van der Waals surface area (Å²) in [4.78, 5) is 4.39. The lowest BCUT2D eigenvalue weighted by molar-refractivity contribution is 0.301. The molecular formula is C15H17ClN2O. The third-order valence-electron chi connectivity index (χ3n) is 2.70. The first-order chi connectivity index (χ1) is 9.19. The van der Waals surface area contributed by atoms with Crippen LogP contribution in [0.2, 0.25) is 5.02 Å². The Morgan fingerprint density at radius 1 is 1.26 bits per heavy atom. The summed E-state index contributed by atoms with van der Waals surface area (Å²) >= 11 is 6.19. The lowest BCUT2D eigenvalue weighted by Gasteiger charge is -2.09. The molecule has 0 unspecified atom stereocenters. The van der Waals surface area contributed by atoms with E-state index in [1.807, 2.05) is 50.4 Å². The number of benzene rings is 1. The van der Waals surface area contributed by atoms with Crippen LogP contribution < -0.4 is 10.1 Å². The number of pyridine rings is 1.